The molecule has 6 nitrogen and oxygen atoms in total. The zero-order valence-corrected chi connectivity index (χ0v) is 26.2. The van der Waals surface area contributed by atoms with E-state index < -0.39 is 6.10 Å². The van der Waals surface area contributed by atoms with Crippen LogP contribution >= 0.6 is 0 Å². The fourth-order valence-electron chi connectivity index (χ4n) is 4.70. The van der Waals surface area contributed by atoms with Crippen LogP contribution in [-0.2, 0) is 23.8 Å². The van der Waals surface area contributed by atoms with Gasteiger partial charge in [0.15, 0.2) is 6.10 Å². The first-order chi connectivity index (χ1) is 20.1. The molecule has 41 heavy (non-hydrogen) atoms. The summed E-state index contributed by atoms with van der Waals surface area (Å²) in [5, 5.41) is 9.49. The van der Waals surface area contributed by atoms with Gasteiger partial charge in [0.1, 0.15) is 6.61 Å². The van der Waals surface area contributed by atoms with E-state index in [1.807, 2.05) is 0 Å². The molecule has 1 N–H and O–H groups in total. The number of hydrogen-bond donors (Lipinski definition) is 1. The van der Waals surface area contributed by atoms with Crippen molar-refractivity contribution in [1.82, 2.24) is 0 Å². The van der Waals surface area contributed by atoms with Crippen LogP contribution in [0.1, 0.15) is 142 Å². The summed E-state index contributed by atoms with van der Waals surface area (Å²) in [6.07, 6.45) is 33.7. The van der Waals surface area contributed by atoms with Gasteiger partial charge in [0.2, 0.25) is 0 Å². The maximum Gasteiger partial charge on any atom is 0.306 e. The van der Waals surface area contributed by atoms with Gasteiger partial charge in [-0.3, -0.25) is 9.59 Å². The predicted octanol–water partition coefficient (Wildman–Crippen LogP) is 8.71. The smallest absolute Gasteiger partial charge is 0.306 e. The number of unbranched alkanes of at least 4 members (excludes halogenated alkanes) is 11. The summed E-state index contributed by atoms with van der Waals surface area (Å²) in [4.78, 5) is 24.1. The van der Waals surface area contributed by atoms with E-state index in [2.05, 4.69) is 50.3 Å². The molecule has 0 spiro atoms. The number of ether oxygens (including phenoxy) is 3. The Kier molecular flexibility index (Phi) is 24.4. The lowest BCUT2D eigenvalue weighted by Crippen LogP contribution is -2.28. The topological polar surface area (TPSA) is 85.4 Å². The van der Waals surface area contributed by atoms with Gasteiger partial charge in [0.05, 0.1) is 18.8 Å². The Labute approximate surface area is 251 Å². The summed E-state index contributed by atoms with van der Waals surface area (Å²) >= 11 is 0. The van der Waals surface area contributed by atoms with Crippen LogP contribution in [0.25, 0.3) is 0 Å². The van der Waals surface area contributed by atoms with Crippen LogP contribution in [0, 0.1) is 0 Å². The van der Waals surface area contributed by atoms with Gasteiger partial charge in [-0.2, -0.15) is 0 Å². The molecule has 1 fully saturated rings. The van der Waals surface area contributed by atoms with Crippen molar-refractivity contribution in [3.63, 3.8) is 0 Å². The Morgan fingerprint density at radius 1 is 0.707 bits per heavy atom. The van der Waals surface area contributed by atoms with E-state index in [4.69, 9.17) is 14.2 Å². The first-order valence-corrected chi connectivity index (χ1v) is 16.7. The standard InChI is InChI=1S/C35H60O6/c1-3-5-7-9-11-13-14-15-17-18-20-22-25-32-33(41-32)26-24-28-34(37)39-30-31(29-36)40-35(38)27-23-21-19-16-12-10-8-6-4-2/h11,13,15,17,20,22,31-33,36H,3-10,12,14,16,18-19,21,23-30H2,1-2H3/b13-11-,17-15-,22-20-/t31-,32?,33?/m0/s1. The summed E-state index contributed by atoms with van der Waals surface area (Å²) in [6, 6.07) is 0. The molecule has 0 aliphatic carbocycles. The lowest BCUT2D eigenvalue weighted by Gasteiger charge is -2.15. The molecular formula is C35H60O6. The van der Waals surface area contributed by atoms with E-state index in [1.54, 1.807) is 0 Å². The van der Waals surface area contributed by atoms with E-state index in [-0.39, 0.29) is 37.4 Å². The van der Waals surface area contributed by atoms with Gasteiger partial charge >= 0.3 is 11.9 Å². The van der Waals surface area contributed by atoms with Crippen molar-refractivity contribution >= 4 is 11.9 Å². The minimum Gasteiger partial charge on any atom is -0.462 e. The average Bonchev–Trinajstić information content (AvgIpc) is 3.72. The molecule has 0 amide bonds. The normalized spacial score (nSPS) is 17.5. The third kappa shape index (κ3) is 23.3. The number of hydrogen-bond acceptors (Lipinski definition) is 6. The van der Waals surface area contributed by atoms with Gasteiger partial charge in [-0.05, 0) is 51.4 Å². The molecule has 0 bridgehead atoms. The second-order valence-electron chi connectivity index (χ2n) is 11.3. The highest BCUT2D eigenvalue weighted by atomic mass is 16.6. The average molecular weight is 577 g/mol. The molecule has 6 heteroatoms. The van der Waals surface area contributed by atoms with Gasteiger partial charge in [-0.25, -0.2) is 0 Å². The number of aliphatic hydroxyl groups excluding tert-OH is 1. The van der Waals surface area contributed by atoms with Crippen molar-refractivity contribution in [2.75, 3.05) is 13.2 Å². The molecular weight excluding hydrogens is 516 g/mol. The van der Waals surface area contributed by atoms with E-state index in [9.17, 15) is 14.7 Å². The first-order valence-electron chi connectivity index (χ1n) is 16.7. The second-order valence-corrected chi connectivity index (χ2v) is 11.3. The van der Waals surface area contributed by atoms with E-state index in [0.29, 0.717) is 19.3 Å². The molecule has 1 rings (SSSR count). The number of carbonyl (C=O) groups is 2. The first kappa shape index (κ1) is 37.1. The Hall–Kier alpha value is -1.92. The largest absolute Gasteiger partial charge is 0.462 e. The van der Waals surface area contributed by atoms with Gasteiger partial charge in [0.25, 0.3) is 0 Å². The molecule has 0 radical (unpaired) electrons. The van der Waals surface area contributed by atoms with Crippen LogP contribution in [0.5, 0.6) is 0 Å². The van der Waals surface area contributed by atoms with E-state index in [1.165, 1.54) is 64.2 Å². The number of allylic oxidation sites excluding steroid dienone is 5. The molecule has 0 saturated carbocycles. The van der Waals surface area contributed by atoms with Crippen molar-refractivity contribution in [2.24, 2.45) is 0 Å². The van der Waals surface area contributed by atoms with Crippen LogP contribution in [0.4, 0.5) is 0 Å². The van der Waals surface area contributed by atoms with Gasteiger partial charge < -0.3 is 19.3 Å². The molecule has 1 saturated heterocycles. The monoisotopic (exact) mass is 576 g/mol. The lowest BCUT2D eigenvalue weighted by atomic mass is 10.1. The molecule has 0 aromatic rings. The summed E-state index contributed by atoms with van der Waals surface area (Å²) < 4.78 is 16.2. The Morgan fingerprint density at radius 2 is 1.29 bits per heavy atom. The fourth-order valence-corrected chi connectivity index (χ4v) is 4.70. The zero-order valence-electron chi connectivity index (χ0n) is 26.2. The minimum absolute atomic E-state index is 0.101. The number of rotatable bonds is 28. The number of epoxide rings is 1. The predicted molar refractivity (Wildman–Crippen MR) is 168 cm³/mol. The SMILES string of the molecule is CCCCC/C=C\C/C=C\C/C=C\CC1OC1CCCC(=O)OC[C@H](CO)OC(=O)CCCCCCCCCCC. The maximum atomic E-state index is 12.1. The Balaban J connectivity index is 1.99. The van der Waals surface area contributed by atoms with Crippen molar-refractivity contribution in [2.45, 2.75) is 161 Å². The van der Waals surface area contributed by atoms with Crippen LogP contribution in [0.3, 0.4) is 0 Å². The van der Waals surface area contributed by atoms with Gasteiger partial charge in [-0.1, -0.05) is 115 Å². The minimum atomic E-state index is -0.796. The number of esters is 2. The highest BCUT2D eigenvalue weighted by molar-refractivity contribution is 5.70. The van der Waals surface area contributed by atoms with Gasteiger partial charge in [-0.15, -0.1) is 0 Å². The highest BCUT2D eigenvalue weighted by Crippen LogP contribution is 2.30. The molecule has 1 aliphatic heterocycles. The fraction of sp³-hybridized carbons (Fsp3) is 0.771. The van der Waals surface area contributed by atoms with Crippen LogP contribution in [0.15, 0.2) is 36.5 Å². The molecule has 0 aromatic heterocycles. The Bertz CT molecular complexity index is 728. The molecule has 236 valence electrons. The van der Waals surface area contributed by atoms with Crippen molar-refractivity contribution in [3.8, 4) is 0 Å². The molecule has 2 unspecified atom stereocenters. The second kappa shape index (κ2) is 26.9. The third-order valence-electron chi connectivity index (χ3n) is 7.36. The van der Waals surface area contributed by atoms with E-state index >= 15 is 0 Å². The lowest BCUT2D eigenvalue weighted by molar-refractivity contribution is -0.161. The summed E-state index contributed by atoms with van der Waals surface area (Å²) in [6.45, 7) is 4.00. The maximum absolute atomic E-state index is 12.1. The van der Waals surface area contributed by atoms with Gasteiger partial charge in [0, 0.05) is 12.8 Å². The van der Waals surface area contributed by atoms with Crippen LogP contribution < -0.4 is 0 Å². The number of carbonyl (C=O) groups excluding carboxylic acids is 2. The molecule has 3 atom stereocenters. The summed E-state index contributed by atoms with van der Waals surface area (Å²) in [5.41, 5.74) is 0. The zero-order chi connectivity index (χ0) is 29.8. The van der Waals surface area contributed by atoms with Crippen molar-refractivity contribution in [1.29, 1.82) is 0 Å². The van der Waals surface area contributed by atoms with Crippen LogP contribution in [0.2, 0.25) is 0 Å². The van der Waals surface area contributed by atoms with E-state index in [0.717, 1.165) is 44.9 Å². The number of aliphatic hydroxyl groups is 1. The molecule has 1 heterocycles. The summed E-state index contributed by atoms with van der Waals surface area (Å²) in [5.74, 6) is -0.673. The molecule has 1 aliphatic rings. The van der Waals surface area contributed by atoms with Crippen molar-refractivity contribution in [3.05, 3.63) is 36.5 Å². The Morgan fingerprint density at radius 3 is 1.98 bits per heavy atom. The van der Waals surface area contributed by atoms with Crippen molar-refractivity contribution < 1.29 is 28.9 Å². The molecule has 0 aromatic carbocycles. The quantitative estimate of drug-likeness (QED) is 0.0434. The highest BCUT2D eigenvalue weighted by Gasteiger charge is 2.36. The third-order valence-corrected chi connectivity index (χ3v) is 7.36. The summed E-state index contributed by atoms with van der Waals surface area (Å²) in [7, 11) is 0. The van der Waals surface area contributed by atoms with Crippen LogP contribution in [-0.4, -0.2) is 48.6 Å².